The van der Waals surface area contributed by atoms with Crippen LogP contribution in [0.1, 0.15) is 30.0 Å². The van der Waals surface area contributed by atoms with Crippen LogP contribution in [-0.4, -0.2) is 61.1 Å². The molecule has 2 rings (SSSR count). The number of hydrogen-bond acceptors (Lipinski definition) is 5. The van der Waals surface area contributed by atoms with E-state index in [0.29, 0.717) is 6.04 Å². The van der Waals surface area contributed by atoms with Crippen LogP contribution in [0, 0.1) is 6.92 Å². The number of rotatable bonds is 6. The number of nitrogens with one attached hydrogen (secondary N) is 1. The number of aromatic nitrogens is 1. The summed E-state index contributed by atoms with van der Waals surface area (Å²) in [5.74, 6) is 0. The summed E-state index contributed by atoms with van der Waals surface area (Å²) in [7, 11) is 2.21. The first-order valence-corrected chi connectivity index (χ1v) is 8.09. The Hall–Kier alpha value is -0.490. The van der Waals surface area contributed by atoms with Crippen LogP contribution in [0.4, 0.5) is 0 Å². The largest absolute Gasteiger partial charge is 0.309 e. The quantitative estimate of drug-likeness (QED) is 0.805. The summed E-state index contributed by atoms with van der Waals surface area (Å²) in [6.07, 6.45) is 1.23. The maximum Gasteiger partial charge on any atom is 0.0798 e. The standard InChI is InChI=1S/C14H26N4S/c1-12(14-13(2)16-11-19-14)15-5-4-6-18-9-7-17(3)8-10-18/h11-12,15H,4-10H2,1-3H3. The summed E-state index contributed by atoms with van der Waals surface area (Å²) >= 11 is 1.75. The molecule has 1 N–H and O–H groups in total. The molecule has 0 saturated carbocycles. The molecule has 0 amide bonds. The van der Waals surface area contributed by atoms with Crippen LogP contribution in [0.2, 0.25) is 0 Å². The molecule has 0 radical (unpaired) electrons. The maximum absolute atomic E-state index is 4.31. The second-order valence-corrected chi connectivity index (χ2v) is 6.36. The molecule has 1 aliphatic heterocycles. The number of aryl methyl sites for hydroxylation is 1. The van der Waals surface area contributed by atoms with Crippen molar-refractivity contribution in [1.29, 1.82) is 0 Å². The van der Waals surface area contributed by atoms with Crippen LogP contribution in [-0.2, 0) is 0 Å². The van der Waals surface area contributed by atoms with E-state index >= 15 is 0 Å². The maximum atomic E-state index is 4.31. The first kappa shape index (κ1) is 14.9. The van der Waals surface area contributed by atoms with E-state index < -0.39 is 0 Å². The summed E-state index contributed by atoms with van der Waals surface area (Å²) in [6.45, 7) is 11.5. The van der Waals surface area contributed by atoms with Crippen molar-refractivity contribution >= 4 is 11.3 Å². The van der Waals surface area contributed by atoms with Gasteiger partial charge in [0.15, 0.2) is 0 Å². The first-order valence-electron chi connectivity index (χ1n) is 7.21. The molecular formula is C14H26N4S. The predicted octanol–water partition coefficient (Wildman–Crippen LogP) is 1.74. The molecule has 1 unspecified atom stereocenters. The average molecular weight is 282 g/mol. The zero-order valence-electron chi connectivity index (χ0n) is 12.4. The van der Waals surface area contributed by atoms with Gasteiger partial charge in [-0.05, 0) is 40.4 Å². The SMILES string of the molecule is Cc1ncsc1C(C)NCCCN1CCN(C)CC1. The highest BCUT2D eigenvalue weighted by molar-refractivity contribution is 7.09. The third kappa shape index (κ3) is 4.53. The fraction of sp³-hybridized carbons (Fsp3) is 0.786. The lowest BCUT2D eigenvalue weighted by atomic mass is 10.2. The van der Waals surface area contributed by atoms with E-state index in [-0.39, 0.29) is 0 Å². The van der Waals surface area contributed by atoms with Crippen molar-refractivity contribution in [1.82, 2.24) is 20.1 Å². The lowest BCUT2D eigenvalue weighted by molar-refractivity contribution is 0.152. The van der Waals surface area contributed by atoms with E-state index in [1.165, 1.54) is 49.7 Å². The van der Waals surface area contributed by atoms with E-state index in [0.717, 1.165) is 6.54 Å². The van der Waals surface area contributed by atoms with E-state index in [9.17, 15) is 0 Å². The van der Waals surface area contributed by atoms with E-state index in [1.807, 2.05) is 5.51 Å². The molecule has 4 nitrogen and oxygen atoms in total. The van der Waals surface area contributed by atoms with Gasteiger partial charge in [0.25, 0.3) is 0 Å². The predicted molar refractivity (Wildman–Crippen MR) is 81.8 cm³/mol. The molecule has 1 aromatic heterocycles. The molecule has 19 heavy (non-hydrogen) atoms. The van der Waals surface area contributed by atoms with Gasteiger partial charge in [-0.25, -0.2) is 4.98 Å². The van der Waals surface area contributed by atoms with Crippen molar-refractivity contribution in [3.63, 3.8) is 0 Å². The molecule has 0 bridgehead atoms. The lowest BCUT2D eigenvalue weighted by Gasteiger charge is -2.32. The van der Waals surface area contributed by atoms with Gasteiger partial charge in [0.1, 0.15) is 0 Å². The van der Waals surface area contributed by atoms with Crippen molar-refractivity contribution in [3.8, 4) is 0 Å². The minimum atomic E-state index is 0.431. The second-order valence-electron chi connectivity index (χ2n) is 5.48. The molecular weight excluding hydrogens is 256 g/mol. The van der Waals surface area contributed by atoms with Crippen molar-refractivity contribution in [2.45, 2.75) is 26.3 Å². The van der Waals surface area contributed by atoms with Crippen molar-refractivity contribution in [2.24, 2.45) is 0 Å². The summed E-state index contributed by atoms with van der Waals surface area (Å²) in [6, 6.07) is 0.431. The zero-order valence-corrected chi connectivity index (χ0v) is 13.2. The van der Waals surface area contributed by atoms with Crippen molar-refractivity contribution in [3.05, 3.63) is 16.1 Å². The molecule has 5 heteroatoms. The minimum absolute atomic E-state index is 0.431. The Bertz CT molecular complexity index is 371. The number of likely N-dealkylation sites (N-methyl/N-ethyl adjacent to an activating group) is 1. The Morgan fingerprint density at radius 1 is 1.37 bits per heavy atom. The molecule has 0 aromatic carbocycles. The molecule has 1 saturated heterocycles. The van der Waals surface area contributed by atoms with Crippen LogP contribution in [0.3, 0.4) is 0 Å². The van der Waals surface area contributed by atoms with Gasteiger partial charge in [0, 0.05) is 37.1 Å². The van der Waals surface area contributed by atoms with E-state index in [2.05, 4.69) is 41.0 Å². The number of piperazine rings is 1. The van der Waals surface area contributed by atoms with Crippen LogP contribution in [0.25, 0.3) is 0 Å². The smallest absolute Gasteiger partial charge is 0.0798 e. The number of thiazole rings is 1. The Labute approximate surface area is 120 Å². The molecule has 1 fully saturated rings. The third-order valence-corrected chi connectivity index (χ3v) is 4.99. The Morgan fingerprint density at radius 2 is 2.11 bits per heavy atom. The van der Waals surface area contributed by atoms with Crippen molar-refractivity contribution < 1.29 is 0 Å². The van der Waals surface area contributed by atoms with Crippen LogP contribution in [0.15, 0.2) is 5.51 Å². The second kappa shape index (κ2) is 7.33. The van der Waals surface area contributed by atoms with Gasteiger partial charge in [-0.3, -0.25) is 0 Å². The molecule has 1 aliphatic rings. The number of hydrogen-bond donors (Lipinski definition) is 1. The van der Waals surface area contributed by atoms with Crippen LogP contribution < -0.4 is 5.32 Å². The normalized spacial score (nSPS) is 19.7. The van der Waals surface area contributed by atoms with E-state index in [4.69, 9.17) is 0 Å². The van der Waals surface area contributed by atoms with Gasteiger partial charge in [-0.15, -0.1) is 11.3 Å². The monoisotopic (exact) mass is 282 g/mol. The van der Waals surface area contributed by atoms with Gasteiger partial charge < -0.3 is 15.1 Å². The van der Waals surface area contributed by atoms with Gasteiger partial charge >= 0.3 is 0 Å². The molecule has 0 spiro atoms. The summed E-state index contributed by atoms with van der Waals surface area (Å²) in [5, 5.41) is 3.61. The molecule has 1 atom stereocenters. The van der Waals surface area contributed by atoms with E-state index in [1.54, 1.807) is 11.3 Å². The fourth-order valence-electron chi connectivity index (χ4n) is 2.51. The summed E-state index contributed by atoms with van der Waals surface area (Å²) < 4.78 is 0. The van der Waals surface area contributed by atoms with Gasteiger partial charge in [0.05, 0.1) is 11.2 Å². The lowest BCUT2D eigenvalue weighted by Crippen LogP contribution is -2.45. The minimum Gasteiger partial charge on any atom is -0.309 e. The molecule has 108 valence electrons. The fourth-order valence-corrected chi connectivity index (χ4v) is 3.35. The average Bonchev–Trinajstić information content (AvgIpc) is 2.83. The van der Waals surface area contributed by atoms with Crippen molar-refractivity contribution in [2.75, 3.05) is 46.3 Å². The summed E-state index contributed by atoms with van der Waals surface area (Å²) in [5.41, 5.74) is 3.11. The molecule has 2 heterocycles. The number of nitrogens with zero attached hydrogens (tertiary/aromatic N) is 3. The Kier molecular flexibility index (Phi) is 5.76. The molecule has 0 aliphatic carbocycles. The highest BCUT2D eigenvalue weighted by Crippen LogP contribution is 2.20. The zero-order chi connectivity index (χ0) is 13.7. The van der Waals surface area contributed by atoms with Gasteiger partial charge in [-0.1, -0.05) is 0 Å². The van der Waals surface area contributed by atoms with Crippen LogP contribution >= 0.6 is 11.3 Å². The highest BCUT2D eigenvalue weighted by Gasteiger charge is 2.13. The van der Waals surface area contributed by atoms with Gasteiger partial charge in [-0.2, -0.15) is 0 Å². The Balaban J connectivity index is 1.60. The highest BCUT2D eigenvalue weighted by atomic mass is 32.1. The molecule has 1 aromatic rings. The topological polar surface area (TPSA) is 31.4 Å². The van der Waals surface area contributed by atoms with Gasteiger partial charge in [0.2, 0.25) is 0 Å². The summed E-state index contributed by atoms with van der Waals surface area (Å²) in [4.78, 5) is 10.7. The Morgan fingerprint density at radius 3 is 2.74 bits per heavy atom. The first-order chi connectivity index (χ1) is 9.16. The third-order valence-electron chi connectivity index (χ3n) is 3.87. The van der Waals surface area contributed by atoms with Crippen LogP contribution in [0.5, 0.6) is 0 Å².